The van der Waals surface area contributed by atoms with Gasteiger partial charge >= 0.3 is 6.18 Å². The predicted molar refractivity (Wildman–Crippen MR) is 86.4 cm³/mol. The molecule has 2 N–H and O–H groups in total. The zero-order chi connectivity index (χ0) is 19.8. The third kappa shape index (κ3) is 3.81. The standard InChI is InChI=1S/C15H12ClF3N2O4S/c1-14(23,15(17,18)19)13(22)21-12-3-2-10(8-11(12)16)26(24,25)9-4-6-20-7-5-9/h2-8,23H,1H3,(H,21,22). The van der Waals surface area contributed by atoms with E-state index in [2.05, 4.69) is 4.98 Å². The Morgan fingerprint density at radius 2 is 1.73 bits per heavy atom. The molecule has 2 rings (SSSR count). The summed E-state index contributed by atoms with van der Waals surface area (Å²) < 4.78 is 62.9. The second kappa shape index (κ2) is 6.86. The molecule has 0 aliphatic carbocycles. The normalized spacial score (nSPS) is 14.5. The number of benzene rings is 1. The van der Waals surface area contributed by atoms with Gasteiger partial charge in [0.05, 0.1) is 20.5 Å². The van der Waals surface area contributed by atoms with Crippen LogP contribution in [-0.4, -0.2) is 36.2 Å². The summed E-state index contributed by atoms with van der Waals surface area (Å²) in [5.74, 6) is -1.75. The summed E-state index contributed by atoms with van der Waals surface area (Å²) in [6.07, 6.45) is -2.64. The molecule has 0 radical (unpaired) electrons. The molecule has 1 aromatic carbocycles. The van der Waals surface area contributed by atoms with E-state index in [4.69, 9.17) is 11.6 Å². The lowest BCUT2D eigenvalue weighted by molar-refractivity contribution is -0.242. The lowest BCUT2D eigenvalue weighted by Gasteiger charge is -2.25. The second-order valence-corrected chi connectivity index (χ2v) is 7.71. The van der Waals surface area contributed by atoms with Gasteiger partial charge in [0, 0.05) is 12.4 Å². The van der Waals surface area contributed by atoms with Crippen molar-refractivity contribution in [3.05, 3.63) is 47.7 Å². The maximum absolute atomic E-state index is 12.7. The summed E-state index contributed by atoms with van der Waals surface area (Å²) >= 11 is 5.88. The number of aromatic nitrogens is 1. The van der Waals surface area contributed by atoms with Crippen LogP contribution in [0.3, 0.4) is 0 Å². The molecule has 1 amide bonds. The molecule has 0 aliphatic heterocycles. The number of aliphatic hydroxyl groups is 1. The molecule has 0 saturated carbocycles. The van der Waals surface area contributed by atoms with E-state index in [0.717, 1.165) is 18.2 Å². The number of pyridine rings is 1. The van der Waals surface area contributed by atoms with Crippen LogP contribution in [0.25, 0.3) is 0 Å². The zero-order valence-corrected chi connectivity index (χ0v) is 14.7. The van der Waals surface area contributed by atoms with Gasteiger partial charge in [-0.25, -0.2) is 8.42 Å². The summed E-state index contributed by atoms with van der Waals surface area (Å²) in [6.45, 7) is 0.290. The van der Waals surface area contributed by atoms with E-state index >= 15 is 0 Å². The van der Waals surface area contributed by atoms with E-state index in [9.17, 15) is 31.5 Å². The van der Waals surface area contributed by atoms with Gasteiger partial charge in [0.15, 0.2) is 0 Å². The summed E-state index contributed by atoms with van der Waals surface area (Å²) in [6, 6.07) is 5.61. The van der Waals surface area contributed by atoms with Crippen molar-refractivity contribution in [3.63, 3.8) is 0 Å². The van der Waals surface area contributed by atoms with E-state index in [1.54, 1.807) is 0 Å². The molecule has 1 unspecified atom stereocenters. The first kappa shape index (κ1) is 20.1. The highest BCUT2D eigenvalue weighted by atomic mass is 35.5. The number of anilines is 1. The topological polar surface area (TPSA) is 96.4 Å². The van der Waals surface area contributed by atoms with Crippen molar-refractivity contribution in [3.8, 4) is 0 Å². The van der Waals surface area contributed by atoms with E-state index < -0.39 is 27.5 Å². The molecule has 26 heavy (non-hydrogen) atoms. The van der Waals surface area contributed by atoms with Crippen LogP contribution in [0.2, 0.25) is 5.02 Å². The molecular formula is C15H12ClF3N2O4S. The molecule has 0 fully saturated rings. The summed E-state index contributed by atoms with van der Waals surface area (Å²) in [7, 11) is -3.92. The monoisotopic (exact) mass is 408 g/mol. The summed E-state index contributed by atoms with van der Waals surface area (Å²) in [5, 5.41) is 10.8. The van der Waals surface area contributed by atoms with Crippen LogP contribution >= 0.6 is 11.6 Å². The average Bonchev–Trinajstić information content (AvgIpc) is 2.56. The van der Waals surface area contributed by atoms with E-state index in [0.29, 0.717) is 6.92 Å². The number of nitrogens with one attached hydrogen (secondary N) is 1. The Kier molecular flexibility index (Phi) is 5.31. The van der Waals surface area contributed by atoms with Crippen molar-refractivity contribution in [2.24, 2.45) is 0 Å². The van der Waals surface area contributed by atoms with Crippen LogP contribution < -0.4 is 5.32 Å². The quantitative estimate of drug-likeness (QED) is 0.811. The van der Waals surface area contributed by atoms with E-state index in [-0.39, 0.29) is 20.5 Å². The first-order chi connectivity index (χ1) is 11.9. The minimum atomic E-state index is -5.20. The first-order valence-corrected chi connectivity index (χ1v) is 8.78. The van der Waals surface area contributed by atoms with Crippen LogP contribution in [-0.2, 0) is 14.6 Å². The van der Waals surface area contributed by atoms with Gasteiger partial charge < -0.3 is 10.4 Å². The van der Waals surface area contributed by atoms with E-state index in [1.807, 2.05) is 5.32 Å². The van der Waals surface area contributed by atoms with Gasteiger partial charge in [-0.05, 0) is 37.3 Å². The van der Waals surface area contributed by atoms with Crippen molar-refractivity contribution in [1.82, 2.24) is 4.98 Å². The maximum Gasteiger partial charge on any atom is 0.426 e. The van der Waals surface area contributed by atoms with Crippen LogP contribution in [0.4, 0.5) is 18.9 Å². The number of hydrogen-bond donors (Lipinski definition) is 2. The van der Waals surface area contributed by atoms with Gasteiger partial charge in [-0.15, -0.1) is 0 Å². The van der Waals surface area contributed by atoms with Crippen molar-refractivity contribution in [1.29, 1.82) is 0 Å². The fourth-order valence-electron chi connectivity index (χ4n) is 1.79. The molecule has 140 valence electrons. The van der Waals surface area contributed by atoms with Crippen LogP contribution in [0, 0.1) is 0 Å². The van der Waals surface area contributed by atoms with Gasteiger partial charge in [-0.3, -0.25) is 9.78 Å². The van der Waals surface area contributed by atoms with E-state index in [1.165, 1.54) is 24.5 Å². The fourth-order valence-corrected chi connectivity index (χ4v) is 3.36. The molecular weight excluding hydrogens is 397 g/mol. The van der Waals surface area contributed by atoms with Gasteiger partial charge in [0.25, 0.3) is 5.91 Å². The largest absolute Gasteiger partial charge is 0.426 e. The molecule has 6 nitrogen and oxygen atoms in total. The minimum Gasteiger partial charge on any atom is -0.373 e. The van der Waals surface area contributed by atoms with Gasteiger partial charge in [0.1, 0.15) is 0 Å². The van der Waals surface area contributed by atoms with Gasteiger partial charge in [-0.2, -0.15) is 13.2 Å². The zero-order valence-electron chi connectivity index (χ0n) is 13.1. The van der Waals surface area contributed by atoms with Crippen molar-refractivity contribution in [2.75, 3.05) is 5.32 Å². The molecule has 11 heteroatoms. The smallest absolute Gasteiger partial charge is 0.373 e. The Morgan fingerprint density at radius 1 is 1.15 bits per heavy atom. The highest BCUT2D eigenvalue weighted by molar-refractivity contribution is 7.91. The number of rotatable bonds is 4. The third-order valence-corrected chi connectivity index (χ3v) is 5.53. The number of nitrogens with zero attached hydrogens (tertiary/aromatic N) is 1. The van der Waals surface area contributed by atoms with Crippen molar-refractivity contribution < 1.29 is 31.5 Å². The Balaban J connectivity index is 2.33. The number of carbonyl (C=O) groups is 1. The summed E-state index contributed by atoms with van der Waals surface area (Å²) in [4.78, 5) is 15.1. The van der Waals surface area contributed by atoms with Gasteiger partial charge in [0.2, 0.25) is 15.4 Å². The fraction of sp³-hybridized carbons (Fsp3) is 0.200. The Morgan fingerprint density at radius 3 is 2.23 bits per heavy atom. The Bertz CT molecular complexity index is 932. The number of hydrogen-bond acceptors (Lipinski definition) is 5. The highest BCUT2D eigenvalue weighted by Crippen LogP contribution is 2.33. The second-order valence-electron chi connectivity index (χ2n) is 5.35. The molecule has 2 aromatic rings. The lowest BCUT2D eigenvalue weighted by Crippen LogP contribution is -2.52. The van der Waals surface area contributed by atoms with Crippen LogP contribution in [0.1, 0.15) is 6.92 Å². The third-order valence-electron chi connectivity index (χ3n) is 3.45. The van der Waals surface area contributed by atoms with Crippen molar-refractivity contribution >= 4 is 33.0 Å². The molecule has 0 bridgehead atoms. The number of carbonyl (C=O) groups excluding carboxylic acids is 1. The molecule has 1 atom stereocenters. The highest BCUT2D eigenvalue weighted by Gasteiger charge is 2.55. The summed E-state index contributed by atoms with van der Waals surface area (Å²) in [5.41, 5.74) is -3.92. The number of halogens is 4. The number of sulfone groups is 1. The van der Waals surface area contributed by atoms with Gasteiger partial charge in [-0.1, -0.05) is 11.6 Å². The van der Waals surface area contributed by atoms with Crippen LogP contribution in [0.5, 0.6) is 0 Å². The number of alkyl halides is 3. The molecule has 0 saturated heterocycles. The van der Waals surface area contributed by atoms with Crippen molar-refractivity contribution in [2.45, 2.75) is 28.5 Å². The minimum absolute atomic E-state index is 0.0552. The lowest BCUT2D eigenvalue weighted by atomic mass is 10.1. The molecule has 1 aromatic heterocycles. The molecule has 0 spiro atoms. The Labute approximate surface area is 151 Å². The predicted octanol–water partition coefficient (Wildman–Crippen LogP) is 2.82. The number of amides is 1. The average molecular weight is 409 g/mol. The molecule has 0 aliphatic rings. The Hall–Kier alpha value is -2.17. The maximum atomic E-state index is 12.7. The first-order valence-electron chi connectivity index (χ1n) is 6.92. The van der Waals surface area contributed by atoms with Crippen LogP contribution in [0.15, 0.2) is 52.5 Å². The SMILES string of the molecule is CC(O)(C(=O)Nc1ccc(S(=O)(=O)c2ccncc2)cc1Cl)C(F)(F)F. The molecule has 1 heterocycles.